The Morgan fingerprint density at radius 2 is 1.87 bits per heavy atom. The van der Waals surface area contributed by atoms with Crippen molar-refractivity contribution in [2.45, 2.75) is 58.2 Å². The van der Waals surface area contributed by atoms with E-state index in [2.05, 4.69) is 5.32 Å². The van der Waals surface area contributed by atoms with Crippen molar-refractivity contribution in [1.29, 1.82) is 0 Å². The summed E-state index contributed by atoms with van der Waals surface area (Å²) in [6.45, 7) is 4.94. The van der Waals surface area contributed by atoms with Crippen LogP contribution in [0, 0.1) is 5.92 Å². The van der Waals surface area contributed by atoms with E-state index < -0.39 is 42.4 Å². The van der Waals surface area contributed by atoms with Gasteiger partial charge >= 0.3 is 12.1 Å². The van der Waals surface area contributed by atoms with Gasteiger partial charge in [0.1, 0.15) is 12.6 Å². The first-order chi connectivity index (χ1) is 14.2. The lowest BCUT2D eigenvalue weighted by Gasteiger charge is -2.28. The molecule has 166 valence electrons. The highest BCUT2D eigenvalue weighted by Crippen LogP contribution is 2.35. The first-order valence-corrected chi connectivity index (χ1v) is 9.97. The number of likely N-dealkylation sites (tertiary alicyclic amines) is 1. The van der Waals surface area contributed by atoms with Crippen molar-refractivity contribution < 1.29 is 32.6 Å². The molecule has 1 aliphatic rings. The summed E-state index contributed by atoms with van der Waals surface area (Å²) in [4.78, 5) is 38.0. The van der Waals surface area contributed by atoms with Crippen LogP contribution >= 0.6 is 0 Å². The largest absolute Gasteiger partial charge is 0.464 e. The molecule has 1 heterocycles. The lowest BCUT2D eigenvalue weighted by molar-refractivity contribution is -0.150. The smallest absolute Gasteiger partial charge is 0.410 e. The third-order valence-corrected chi connectivity index (χ3v) is 4.68. The molecule has 1 aromatic carbocycles. The molecule has 1 aromatic rings. The molecular formula is C21H28F2N2O5. The Labute approximate surface area is 174 Å². The van der Waals surface area contributed by atoms with E-state index in [-0.39, 0.29) is 32.1 Å². The predicted octanol–water partition coefficient (Wildman–Crippen LogP) is 3.13. The van der Waals surface area contributed by atoms with Gasteiger partial charge in [0.15, 0.2) is 6.04 Å². The van der Waals surface area contributed by atoms with E-state index >= 15 is 0 Å². The molecule has 0 unspecified atom stereocenters. The lowest BCUT2D eigenvalue weighted by Crippen LogP contribution is -2.56. The van der Waals surface area contributed by atoms with Crippen LogP contribution in [0.2, 0.25) is 0 Å². The standard InChI is InChI=1S/C21H28F2N2O5/c1-4-29-19(27)16(12-14(2)3)24-18(26)17-21(22,23)10-11-25(17)20(28)30-13-15-8-6-5-7-9-15/h5-9,14,16-17H,4,10-13H2,1-3H3,(H,24,26)/t16-,17+/m0/s1. The molecule has 2 amide bonds. The van der Waals surface area contributed by atoms with E-state index in [1.165, 1.54) is 0 Å². The minimum Gasteiger partial charge on any atom is -0.464 e. The third-order valence-electron chi connectivity index (χ3n) is 4.68. The van der Waals surface area contributed by atoms with E-state index in [9.17, 15) is 23.2 Å². The first kappa shape index (κ1) is 23.6. The van der Waals surface area contributed by atoms with Gasteiger partial charge in [0.2, 0.25) is 5.91 Å². The fourth-order valence-electron chi connectivity index (χ4n) is 3.27. The molecule has 0 aliphatic carbocycles. The topological polar surface area (TPSA) is 84.9 Å². The SMILES string of the molecule is CCOC(=O)[C@H](CC(C)C)NC(=O)[C@H]1N(C(=O)OCc2ccccc2)CCC1(F)F. The summed E-state index contributed by atoms with van der Waals surface area (Å²) in [5.74, 6) is -5.23. The van der Waals surface area contributed by atoms with E-state index in [4.69, 9.17) is 9.47 Å². The van der Waals surface area contributed by atoms with Crippen LogP contribution in [-0.4, -0.2) is 54.0 Å². The number of esters is 1. The van der Waals surface area contributed by atoms with Gasteiger partial charge in [0.05, 0.1) is 6.61 Å². The Balaban J connectivity index is 2.10. The van der Waals surface area contributed by atoms with Crippen LogP contribution in [0.1, 0.15) is 39.2 Å². The second-order valence-corrected chi connectivity index (χ2v) is 7.59. The van der Waals surface area contributed by atoms with Crippen molar-refractivity contribution in [2.24, 2.45) is 5.92 Å². The van der Waals surface area contributed by atoms with Gasteiger partial charge in [-0.1, -0.05) is 44.2 Å². The Morgan fingerprint density at radius 1 is 1.20 bits per heavy atom. The van der Waals surface area contributed by atoms with Gasteiger partial charge in [-0.2, -0.15) is 0 Å². The number of rotatable bonds is 8. The quantitative estimate of drug-likeness (QED) is 0.646. The molecule has 0 radical (unpaired) electrons. The van der Waals surface area contributed by atoms with Gasteiger partial charge in [-0.25, -0.2) is 18.4 Å². The summed E-state index contributed by atoms with van der Waals surface area (Å²) in [6.07, 6.45) is -1.45. The van der Waals surface area contributed by atoms with Gasteiger partial charge in [-0.15, -0.1) is 0 Å². The summed E-state index contributed by atoms with van der Waals surface area (Å²) in [7, 11) is 0. The monoisotopic (exact) mass is 426 g/mol. The predicted molar refractivity (Wildman–Crippen MR) is 105 cm³/mol. The van der Waals surface area contributed by atoms with E-state index in [0.717, 1.165) is 4.90 Å². The highest BCUT2D eigenvalue weighted by Gasteiger charge is 2.55. The maximum Gasteiger partial charge on any atom is 0.410 e. The van der Waals surface area contributed by atoms with Crippen LogP contribution in [0.25, 0.3) is 0 Å². The van der Waals surface area contributed by atoms with Gasteiger partial charge in [0, 0.05) is 13.0 Å². The van der Waals surface area contributed by atoms with Crippen molar-refractivity contribution in [3.63, 3.8) is 0 Å². The van der Waals surface area contributed by atoms with Gasteiger partial charge in [-0.3, -0.25) is 9.69 Å². The Hall–Kier alpha value is -2.71. The molecule has 9 heteroatoms. The van der Waals surface area contributed by atoms with Crippen molar-refractivity contribution in [2.75, 3.05) is 13.2 Å². The minimum atomic E-state index is -3.44. The van der Waals surface area contributed by atoms with Gasteiger partial charge in [0.25, 0.3) is 5.92 Å². The number of nitrogens with one attached hydrogen (secondary N) is 1. The molecule has 0 bridgehead atoms. The van der Waals surface area contributed by atoms with Crippen molar-refractivity contribution in [3.8, 4) is 0 Å². The normalized spacial score (nSPS) is 18.7. The molecule has 1 aliphatic heterocycles. The summed E-state index contributed by atoms with van der Waals surface area (Å²) < 4.78 is 39.0. The Bertz CT molecular complexity index is 742. The zero-order valence-corrected chi connectivity index (χ0v) is 17.4. The number of halogens is 2. The van der Waals surface area contributed by atoms with E-state index in [0.29, 0.717) is 5.56 Å². The second kappa shape index (κ2) is 10.4. The maximum absolute atomic E-state index is 14.5. The van der Waals surface area contributed by atoms with Crippen LogP contribution in [0.3, 0.4) is 0 Å². The average molecular weight is 426 g/mol. The molecule has 2 rings (SSSR count). The van der Waals surface area contributed by atoms with Gasteiger partial charge < -0.3 is 14.8 Å². The maximum atomic E-state index is 14.5. The van der Waals surface area contributed by atoms with E-state index in [1.807, 2.05) is 13.8 Å². The number of carbonyl (C=O) groups is 3. The molecule has 1 N–H and O–H groups in total. The molecular weight excluding hydrogens is 398 g/mol. The average Bonchev–Trinajstić information content (AvgIpc) is 3.01. The number of amides is 2. The third kappa shape index (κ3) is 6.14. The number of alkyl halides is 2. The Morgan fingerprint density at radius 3 is 2.47 bits per heavy atom. The van der Waals surface area contributed by atoms with Crippen LogP contribution < -0.4 is 5.32 Å². The number of hydrogen-bond donors (Lipinski definition) is 1. The number of benzene rings is 1. The molecule has 7 nitrogen and oxygen atoms in total. The van der Waals surface area contributed by atoms with Crippen molar-refractivity contribution in [3.05, 3.63) is 35.9 Å². The summed E-state index contributed by atoms with van der Waals surface area (Å²) in [6, 6.07) is 5.64. The summed E-state index contributed by atoms with van der Waals surface area (Å²) in [5.41, 5.74) is 0.692. The molecule has 2 atom stereocenters. The first-order valence-electron chi connectivity index (χ1n) is 9.97. The lowest BCUT2D eigenvalue weighted by atomic mass is 10.0. The van der Waals surface area contributed by atoms with E-state index in [1.54, 1.807) is 37.3 Å². The van der Waals surface area contributed by atoms with Crippen LogP contribution in [0.4, 0.5) is 13.6 Å². The molecule has 0 spiro atoms. The highest BCUT2D eigenvalue weighted by molar-refractivity contribution is 5.91. The summed E-state index contributed by atoms with van der Waals surface area (Å²) >= 11 is 0. The van der Waals surface area contributed by atoms with Gasteiger partial charge in [-0.05, 0) is 24.8 Å². The Kier molecular flexibility index (Phi) is 8.14. The molecule has 0 saturated carbocycles. The fraction of sp³-hybridized carbons (Fsp3) is 0.571. The molecule has 0 aromatic heterocycles. The van der Waals surface area contributed by atoms with Crippen molar-refractivity contribution >= 4 is 18.0 Å². The van der Waals surface area contributed by atoms with Crippen LogP contribution in [0.15, 0.2) is 30.3 Å². The molecule has 30 heavy (non-hydrogen) atoms. The number of ether oxygens (including phenoxy) is 2. The summed E-state index contributed by atoms with van der Waals surface area (Å²) in [5, 5.41) is 2.35. The second-order valence-electron chi connectivity index (χ2n) is 7.59. The number of nitrogens with zero attached hydrogens (tertiary/aromatic N) is 1. The zero-order chi connectivity index (χ0) is 22.3. The number of hydrogen-bond acceptors (Lipinski definition) is 5. The van der Waals surface area contributed by atoms with Crippen LogP contribution in [0.5, 0.6) is 0 Å². The number of carbonyl (C=O) groups excluding carboxylic acids is 3. The van der Waals surface area contributed by atoms with Crippen molar-refractivity contribution in [1.82, 2.24) is 10.2 Å². The molecule has 1 fully saturated rings. The fourth-order valence-corrected chi connectivity index (χ4v) is 3.27. The molecule has 1 saturated heterocycles. The van der Waals surface area contributed by atoms with Crippen LogP contribution in [-0.2, 0) is 25.7 Å². The minimum absolute atomic E-state index is 0.00994. The zero-order valence-electron chi connectivity index (χ0n) is 17.4. The highest BCUT2D eigenvalue weighted by atomic mass is 19.3.